The molecule has 0 amide bonds. The van der Waals surface area contributed by atoms with E-state index < -0.39 is 0 Å². The van der Waals surface area contributed by atoms with E-state index in [0.29, 0.717) is 16.4 Å². The average molecular weight is 223 g/mol. The fourth-order valence-electron chi connectivity index (χ4n) is 1.28. The van der Waals surface area contributed by atoms with E-state index in [9.17, 15) is 0 Å². The predicted molar refractivity (Wildman–Crippen MR) is 62.4 cm³/mol. The minimum atomic E-state index is 0.584. The molecule has 15 heavy (non-hydrogen) atoms. The summed E-state index contributed by atoms with van der Waals surface area (Å²) in [6.07, 6.45) is 1.84. The first-order chi connectivity index (χ1) is 7.16. The van der Waals surface area contributed by atoms with E-state index in [2.05, 4.69) is 10.4 Å². The van der Waals surface area contributed by atoms with Crippen molar-refractivity contribution >= 4 is 28.8 Å². The van der Waals surface area contributed by atoms with Gasteiger partial charge in [0.1, 0.15) is 0 Å². The predicted octanol–water partition coefficient (Wildman–Crippen LogP) is 2.40. The Morgan fingerprint density at radius 2 is 2.20 bits per heavy atom. The highest BCUT2D eigenvalue weighted by molar-refractivity contribution is 6.34. The number of nitrogens with one attached hydrogen (secondary N) is 1. The molecule has 2 aromatic rings. The summed E-state index contributed by atoms with van der Waals surface area (Å²) >= 11 is 6.01. The van der Waals surface area contributed by atoms with Crippen molar-refractivity contribution in [2.75, 3.05) is 11.1 Å². The van der Waals surface area contributed by atoms with Crippen LogP contribution in [0.1, 0.15) is 0 Å². The van der Waals surface area contributed by atoms with Crippen molar-refractivity contribution < 1.29 is 0 Å². The standard InChI is InChI=1S/C10H11ClN4/c1-15-6-5-9(14-15)13-10-7(11)3-2-4-8(10)12/h2-6H,12H2,1H3,(H,13,14). The zero-order valence-electron chi connectivity index (χ0n) is 8.24. The van der Waals surface area contributed by atoms with Gasteiger partial charge in [0.25, 0.3) is 0 Å². The SMILES string of the molecule is Cn1ccc(Nc2c(N)cccc2Cl)n1. The maximum absolute atomic E-state index is 6.01. The molecule has 2 rings (SSSR count). The molecule has 0 fully saturated rings. The summed E-state index contributed by atoms with van der Waals surface area (Å²) in [6, 6.07) is 7.23. The second kappa shape index (κ2) is 3.82. The molecule has 0 radical (unpaired) electrons. The molecular formula is C10H11ClN4. The topological polar surface area (TPSA) is 55.9 Å². The summed E-state index contributed by atoms with van der Waals surface area (Å²) in [6.45, 7) is 0. The van der Waals surface area contributed by atoms with Crippen LogP contribution in [-0.2, 0) is 7.05 Å². The first-order valence-electron chi connectivity index (χ1n) is 4.47. The summed E-state index contributed by atoms with van der Waals surface area (Å²) in [5.74, 6) is 0.720. The first-order valence-corrected chi connectivity index (χ1v) is 4.85. The number of benzene rings is 1. The van der Waals surface area contributed by atoms with Gasteiger partial charge in [0.05, 0.1) is 16.4 Å². The lowest BCUT2D eigenvalue weighted by atomic mass is 10.2. The summed E-state index contributed by atoms with van der Waals surface area (Å²) in [7, 11) is 1.85. The Morgan fingerprint density at radius 3 is 2.80 bits per heavy atom. The van der Waals surface area contributed by atoms with E-state index in [1.165, 1.54) is 0 Å². The number of halogens is 1. The summed E-state index contributed by atoms with van der Waals surface area (Å²) in [5, 5.41) is 7.84. The van der Waals surface area contributed by atoms with Crippen molar-refractivity contribution in [1.29, 1.82) is 0 Å². The zero-order valence-corrected chi connectivity index (χ0v) is 8.99. The molecule has 4 nitrogen and oxygen atoms in total. The summed E-state index contributed by atoms with van der Waals surface area (Å²) < 4.78 is 1.70. The zero-order chi connectivity index (χ0) is 10.8. The van der Waals surface area contributed by atoms with Crippen molar-refractivity contribution in [1.82, 2.24) is 9.78 Å². The molecule has 0 saturated carbocycles. The summed E-state index contributed by atoms with van der Waals surface area (Å²) in [5.41, 5.74) is 7.09. The number of nitrogens with zero attached hydrogens (tertiary/aromatic N) is 2. The van der Waals surface area contributed by atoms with Gasteiger partial charge in [-0.2, -0.15) is 5.10 Å². The number of rotatable bonds is 2. The molecule has 1 aromatic heterocycles. The molecule has 0 saturated heterocycles. The molecule has 0 bridgehead atoms. The number of anilines is 3. The van der Waals surface area contributed by atoms with Gasteiger partial charge in [-0.1, -0.05) is 17.7 Å². The quantitative estimate of drug-likeness (QED) is 0.768. The molecule has 0 aliphatic carbocycles. The van der Waals surface area contributed by atoms with E-state index in [1.54, 1.807) is 22.9 Å². The molecule has 0 aliphatic heterocycles. The molecule has 0 aliphatic rings. The van der Waals surface area contributed by atoms with Crippen molar-refractivity contribution in [3.05, 3.63) is 35.5 Å². The Labute approximate surface area is 92.7 Å². The first kappa shape index (κ1) is 9.86. The van der Waals surface area contributed by atoms with Crippen LogP contribution >= 0.6 is 11.6 Å². The fraction of sp³-hybridized carbons (Fsp3) is 0.100. The van der Waals surface area contributed by atoms with Crippen molar-refractivity contribution in [3.63, 3.8) is 0 Å². The lowest BCUT2D eigenvalue weighted by Gasteiger charge is -2.08. The van der Waals surface area contributed by atoms with Crippen LogP contribution < -0.4 is 11.1 Å². The Kier molecular flexibility index (Phi) is 2.51. The number of aromatic nitrogens is 2. The van der Waals surface area contributed by atoms with Crippen LogP contribution in [0.4, 0.5) is 17.2 Å². The second-order valence-corrected chi connectivity index (χ2v) is 3.61. The van der Waals surface area contributed by atoms with Crippen LogP contribution in [0.25, 0.3) is 0 Å². The highest BCUT2D eigenvalue weighted by Crippen LogP contribution is 2.30. The maximum Gasteiger partial charge on any atom is 0.152 e. The molecule has 0 unspecified atom stereocenters. The Balaban J connectivity index is 2.31. The second-order valence-electron chi connectivity index (χ2n) is 3.20. The van der Waals surface area contributed by atoms with Crippen molar-refractivity contribution in [2.24, 2.45) is 7.05 Å². The lowest BCUT2D eigenvalue weighted by Crippen LogP contribution is -1.98. The number of hydrogen-bond acceptors (Lipinski definition) is 3. The van der Waals surface area contributed by atoms with Crippen LogP contribution in [0, 0.1) is 0 Å². The van der Waals surface area contributed by atoms with E-state index in [0.717, 1.165) is 5.82 Å². The van der Waals surface area contributed by atoms with Gasteiger partial charge in [0.2, 0.25) is 0 Å². The van der Waals surface area contributed by atoms with Gasteiger partial charge in [-0.15, -0.1) is 0 Å². The average Bonchev–Trinajstić information content (AvgIpc) is 2.58. The number of hydrogen-bond donors (Lipinski definition) is 2. The van der Waals surface area contributed by atoms with Crippen LogP contribution in [-0.4, -0.2) is 9.78 Å². The third kappa shape index (κ3) is 2.05. The minimum Gasteiger partial charge on any atom is -0.397 e. The molecule has 5 heteroatoms. The third-order valence-electron chi connectivity index (χ3n) is 2.01. The largest absolute Gasteiger partial charge is 0.397 e. The Hall–Kier alpha value is -1.68. The van der Waals surface area contributed by atoms with E-state index >= 15 is 0 Å². The fourth-order valence-corrected chi connectivity index (χ4v) is 1.51. The van der Waals surface area contributed by atoms with Crippen molar-refractivity contribution in [2.45, 2.75) is 0 Å². The molecule has 0 atom stereocenters. The van der Waals surface area contributed by atoms with Gasteiger partial charge in [0, 0.05) is 19.3 Å². The monoisotopic (exact) mass is 222 g/mol. The van der Waals surface area contributed by atoms with Gasteiger partial charge in [-0.25, -0.2) is 0 Å². The van der Waals surface area contributed by atoms with Gasteiger partial charge in [-0.3, -0.25) is 4.68 Å². The van der Waals surface area contributed by atoms with E-state index in [-0.39, 0.29) is 0 Å². The minimum absolute atomic E-state index is 0.584. The third-order valence-corrected chi connectivity index (χ3v) is 2.33. The highest BCUT2D eigenvalue weighted by Gasteiger charge is 2.05. The van der Waals surface area contributed by atoms with Crippen LogP contribution in [0.5, 0.6) is 0 Å². The molecular weight excluding hydrogens is 212 g/mol. The van der Waals surface area contributed by atoms with Crippen molar-refractivity contribution in [3.8, 4) is 0 Å². The highest BCUT2D eigenvalue weighted by atomic mass is 35.5. The smallest absolute Gasteiger partial charge is 0.152 e. The maximum atomic E-state index is 6.01. The van der Waals surface area contributed by atoms with Crippen LogP contribution in [0.3, 0.4) is 0 Å². The normalized spacial score (nSPS) is 10.3. The van der Waals surface area contributed by atoms with Gasteiger partial charge < -0.3 is 11.1 Å². The summed E-state index contributed by atoms with van der Waals surface area (Å²) in [4.78, 5) is 0. The Morgan fingerprint density at radius 1 is 1.40 bits per heavy atom. The van der Waals surface area contributed by atoms with Gasteiger partial charge in [0.15, 0.2) is 5.82 Å². The number of nitrogens with two attached hydrogens (primary N) is 1. The van der Waals surface area contributed by atoms with Crippen LogP contribution in [0.2, 0.25) is 5.02 Å². The molecule has 3 N–H and O–H groups in total. The molecule has 0 spiro atoms. The molecule has 78 valence electrons. The lowest BCUT2D eigenvalue weighted by molar-refractivity contribution is 0.771. The number of nitrogen functional groups attached to an aromatic ring is 1. The van der Waals surface area contributed by atoms with E-state index in [4.69, 9.17) is 17.3 Å². The van der Waals surface area contributed by atoms with Gasteiger partial charge in [-0.05, 0) is 12.1 Å². The Bertz CT molecular complexity index is 458. The van der Waals surface area contributed by atoms with E-state index in [1.807, 2.05) is 19.3 Å². The molecule has 1 heterocycles. The van der Waals surface area contributed by atoms with Crippen LogP contribution in [0.15, 0.2) is 30.5 Å². The number of para-hydroxylation sites is 1. The molecule has 1 aromatic carbocycles. The van der Waals surface area contributed by atoms with Gasteiger partial charge >= 0.3 is 0 Å². The number of aryl methyl sites for hydroxylation is 1.